The van der Waals surface area contributed by atoms with Crippen LogP contribution in [0.5, 0.6) is 0 Å². The van der Waals surface area contributed by atoms with Crippen LogP contribution < -0.4 is 5.32 Å². The van der Waals surface area contributed by atoms with Crippen molar-refractivity contribution in [1.82, 2.24) is 19.9 Å². The van der Waals surface area contributed by atoms with Crippen LogP contribution in [0.2, 0.25) is 0 Å². The van der Waals surface area contributed by atoms with Crippen molar-refractivity contribution in [2.24, 2.45) is 0 Å². The Bertz CT molecular complexity index is 818. The Balaban J connectivity index is 1.63. The molecule has 25 heavy (non-hydrogen) atoms. The van der Waals surface area contributed by atoms with Crippen molar-refractivity contribution in [2.75, 3.05) is 11.9 Å². The van der Waals surface area contributed by atoms with Crippen LogP contribution in [0.3, 0.4) is 0 Å². The molecule has 3 rings (SSSR count). The standard InChI is InChI=1S/C16H17N5O2S2/c1-3-13-15(23)20(16(24)25-13)9-14(22)18-11-4-6-12(7-5-11)21-10(2)8-17-19-21/h4-8,13H,3,9H2,1-2H3,(H,18,22). The average molecular weight is 375 g/mol. The van der Waals surface area contributed by atoms with Crippen molar-refractivity contribution in [3.05, 3.63) is 36.2 Å². The first kappa shape index (κ1) is 17.6. The SMILES string of the molecule is CCC1SC(=S)N(CC(=O)Nc2ccc(-n3nncc3C)cc2)C1=O. The number of nitrogens with one attached hydrogen (secondary N) is 1. The zero-order valence-corrected chi connectivity index (χ0v) is 15.4. The largest absolute Gasteiger partial charge is 0.325 e. The van der Waals surface area contributed by atoms with Crippen molar-refractivity contribution in [1.29, 1.82) is 0 Å². The molecule has 2 aromatic rings. The molecule has 130 valence electrons. The van der Waals surface area contributed by atoms with Crippen LogP contribution >= 0.6 is 24.0 Å². The van der Waals surface area contributed by atoms with Crippen LogP contribution in [0.25, 0.3) is 5.69 Å². The average Bonchev–Trinajstić information content (AvgIpc) is 3.13. The van der Waals surface area contributed by atoms with E-state index in [0.717, 1.165) is 11.4 Å². The fourth-order valence-corrected chi connectivity index (χ4v) is 3.89. The van der Waals surface area contributed by atoms with Gasteiger partial charge in [-0.1, -0.05) is 36.1 Å². The highest BCUT2D eigenvalue weighted by Gasteiger charge is 2.36. The predicted octanol–water partition coefficient (Wildman–Crippen LogP) is 2.15. The second-order valence-corrected chi connectivity index (χ2v) is 7.42. The molecule has 1 saturated heterocycles. The highest BCUT2D eigenvalue weighted by molar-refractivity contribution is 8.24. The molecule has 2 heterocycles. The third-order valence-corrected chi connectivity index (χ3v) is 5.54. The number of carbonyl (C=O) groups excluding carboxylic acids is 2. The first-order valence-electron chi connectivity index (χ1n) is 7.79. The number of thiocarbonyl (C=S) groups is 1. The number of hydrogen-bond donors (Lipinski definition) is 1. The second kappa shape index (κ2) is 7.32. The lowest BCUT2D eigenvalue weighted by Gasteiger charge is -2.15. The first-order valence-corrected chi connectivity index (χ1v) is 9.08. The molecule has 1 aliphatic rings. The zero-order chi connectivity index (χ0) is 18.0. The molecule has 1 aliphatic heterocycles. The Morgan fingerprint density at radius 1 is 1.36 bits per heavy atom. The quantitative estimate of drug-likeness (QED) is 0.807. The van der Waals surface area contributed by atoms with Crippen LogP contribution in [0.15, 0.2) is 30.5 Å². The van der Waals surface area contributed by atoms with Crippen LogP contribution in [0, 0.1) is 6.92 Å². The molecule has 0 saturated carbocycles. The molecule has 0 aliphatic carbocycles. The van der Waals surface area contributed by atoms with E-state index in [0.29, 0.717) is 16.4 Å². The maximum atomic E-state index is 12.2. The molecule has 1 atom stereocenters. The fourth-order valence-electron chi connectivity index (χ4n) is 2.47. The van der Waals surface area contributed by atoms with E-state index in [-0.39, 0.29) is 23.6 Å². The molecule has 1 N–H and O–H groups in total. The molecule has 1 aromatic carbocycles. The van der Waals surface area contributed by atoms with Crippen molar-refractivity contribution in [3.63, 3.8) is 0 Å². The minimum atomic E-state index is -0.280. The number of hydrogen-bond acceptors (Lipinski definition) is 6. The van der Waals surface area contributed by atoms with E-state index < -0.39 is 0 Å². The van der Waals surface area contributed by atoms with Crippen LogP contribution in [-0.2, 0) is 9.59 Å². The minimum Gasteiger partial charge on any atom is -0.325 e. The predicted molar refractivity (Wildman–Crippen MR) is 101 cm³/mol. The number of amides is 2. The molecule has 7 nitrogen and oxygen atoms in total. The maximum absolute atomic E-state index is 12.2. The lowest BCUT2D eigenvalue weighted by molar-refractivity contribution is -0.129. The van der Waals surface area contributed by atoms with E-state index in [9.17, 15) is 9.59 Å². The number of nitrogens with zero attached hydrogens (tertiary/aromatic N) is 4. The number of anilines is 1. The first-order chi connectivity index (χ1) is 12.0. The number of aromatic nitrogens is 3. The van der Waals surface area contributed by atoms with Gasteiger partial charge in [0.25, 0.3) is 0 Å². The summed E-state index contributed by atoms with van der Waals surface area (Å²) >= 11 is 6.54. The lowest BCUT2D eigenvalue weighted by atomic mass is 10.2. The van der Waals surface area contributed by atoms with Gasteiger partial charge < -0.3 is 5.32 Å². The lowest BCUT2D eigenvalue weighted by Crippen LogP contribution is -2.38. The number of benzene rings is 1. The fraction of sp³-hybridized carbons (Fsp3) is 0.312. The zero-order valence-electron chi connectivity index (χ0n) is 13.8. The number of rotatable bonds is 5. The highest BCUT2D eigenvalue weighted by atomic mass is 32.2. The molecule has 0 spiro atoms. The third kappa shape index (κ3) is 3.72. The Labute approximate surface area is 154 Å². The summed E-state index contributed by atoms with van der Waals surface area (Å²) in [6.07, 6.45) is 2.37. The molecular weight excluding hydrogens is 358 g/mol. The van der Waals surface area contributed by atoms with E-state index in [1.807, 2.05) is 26.0 Å². The maximum Gasteiger partial charge on any atom is 0.244 e. The summed E-state index contributed by atoms with van der Waals surface area (Å²) in [5.41, 5.74) is 2.41. The van der Waals surface area contributed by atoms with Crippen molar-refractivity contribution < 1.29 is 9.59 Å². The monoisotopic (exact) mass is 375 g/mol. The molecular formula is C16H17N5O2S2. The van der Waals surface area contributed by atoms with Gasteiger partial charge in [-0.15, -0.1) is 5.10 Å². The number of aryl methyl sites for hydroxylation is 1. The molecule has 0 bridgehead atoms. The van der Waals surface area contributed by atoms with Gasteiger partial charge >= 0.3 is 0 Å². The smallest absolute Gasteiger partial charge is 0.244 e. The van der Waals surface area contributed by atoms with Crippen LogP contribution in [0.1, 0.15) is 19.0 Å². The number of carbonyl (C=O) groups is 2. The van der Waals surface area contributed by atoms with E-state index >= 15 is 0 Å². The molecule has 1 aromatic heterocycles. The molecule has 0 radical (unpaired) electrons. The Morgan fingerprint density at radius 3 is 2.64 bits per heavy atom. The van der Waals surface area contributed by atoms with Gasteiger partial charge in [0.05, 0.1) is 22.8 Å². The topological polar surface area (TPSA) is 80.1 Å². The van der Waals surface area contributed by atoms with Crippen molar-refractivity contribution in [3.8, 4) is 5.69 Å². The summed E-state index contributed by atoms with van der Waals surface area (Å²) in [4.78, 5) is 25.8. The van der Waals surface area contributed by atoms with Gasteiger partial charge in [0, 0.05) is 5.69 Å². The Kier molecular flexibility index (Phi) is 5.14. The van der Waals surface area contributed by atoms with Crippen molar-refractivity contribution >= 4 is 45.8 Å². The summed E-state index contributed by atoms with van der Waals surface area (Å²) in [7, 11) is 0. The van der Waals surface area contributed by atoms with E-state index in [4.69, 9.17) is 12.2 Å². The second-order valence-electron chi connectivity index (χ2n) is 5.59. The van der Waals surface area contributed by atoms with Gasteiger partial charge in [0.2, 0.25) is 11.8 Å². The normalized spacial score (nSPS) is 17.2. The van der Waals surface area contributed by atoms with Gasteiger partial charge in [-0.05, 0) is 37.6 Å². The van der Waals surface area contributed by atoms with E-state index in [1.165, 1.54) is 16.7 Å². The van der Waals surface area contributed by atoms with Gasteiger partial charge in [-0.25, -0.2) is 4.68 Å². The van der Waals surface area contributed by atoms with Gasteiger partial charge in [-0.2, -0.15) is 0 Å². The van der Waals surface area contributed by atoms with E-state index in [1.54, 1.807) is 23.0 Å². The van der Waals surface area contributed by atoms with Crippen molar-refractivity contribution in [2.45, 2.75) is 25.5 Å². The minimum absolute atomic E-state index is 0.0644. The van der Waals surface area contributed by atoms with Crippen LogP contribution in [0.4, 0.5) is 5.69 Å². The summed E-state index contributed by atoms with van der Waals surface area (Å²) in [6, 6.07) is 7.24. The summed E-state index contributed by atoms with van der Waals surface area (Å²) < 4.78 is 2.17. The summed E-state index contributed by atoms with van der Waals surface area (Å²) in [5, 5.41) is 10.4. The number of thioether (sulfide) groups is 1. The molecule has 1 fully saturated rings. The highest BCUT2D eigenvalue weighted by Crippen LogP contribution is 2.29. The molecule has 2 amide bonds. The molecule has 9 heteroatoms. The summed E-state index contributed by atoms with van der Waals surface area (Å²) in [6.45, 7) is 3.78. The van der Waals surface area contributed by atoms with E-state index in [2.05, 4.69) is 15.6 Å². The Morgan fingerprint density at radius 2 is 2.08 bits per heavy atom. The van der Waals surface area contributed by atoms with Gasteiger partial charge in [0.1, 0.15) is 10.9 Å². The third-order valence-electron chi connectivity index (χ3n) is 3.79. The van der Waals surface area contributed by atoms with Gasteiger partial charge in [-0.3, -0.25) is 14.5 Å². The van der Waals surface area contributed by atoms with Crippen LogP contribution in [-0.4, -0.2) is 47.8 Å². The Hall–Kier alpha value is -2.26. The molecule has 1 unspecified atom stereocenters. The van der Waals surface area contributed by atoms with Gasteiger partial charge in [0.15, 0.2) is 0 Å². The summed E-state index contributed by atoms with van der Waals surface area (Å²) in [5.74, 6) is -0.373.